The summed E-state index contributed by atoms with van der Waals surface area (Å²) in [6, 6.07) is 10.6. The first kappa shape index (κ1) is 9.77. The molecule has 2 aromatic carbocycles. The summed E-state index contributed by atoms with van der Waals surface area (Å²) in [6.45, 7) is 0. The highest BCUT2D eigenvalue weighted by Crippen LogP contribution is 2.25. The van der Waals surface area contributed by atoms with E-state index >= 15 is 0 Å². The maximum atomic E-state index is 13.3. The van der Waals surface area contributed by atoms with Gasteiger partial charge < -0.3 is 0 Å². The number of benzene rings is 2. The molecule has 0 fully saturated rings. The van der Waals surface area contributed by atoms with E-state index in [2.05, 4.69) is 0 Å². The zero-order chi connectivity index (χ0) is 10.8. The molecule has 0 saturated heterocycles. The monoisotopic (exact) mass is 208 g/mol. The molecule has 0 radical (unpaired) electrons. The van der Waals surface area contributed by atoms with Crippen LogP contribution in [0.5, 0.6) is 0 Å². The van der Waals surface area contributed by atoms with Crippen LogP contribution in [0.15, 0.2) is 42.5 Å². The third kappa shape index (κ3) is 1.73. The molecule has 76 valence electrons. The van der Waals surface area contributed by atoms with Crippen LogP contribution in [-0.2, 0) is 0 Å². The Balaban J connectivity index is 2.60. The molecule has 0 bridgehead atoms. The van der Waals surface area contributed by atoms with Crippen LogP contribution in [-0.4, -0.2) is 0 Å². The summed E-state index contributed by atoms with van der Waals surface area (Å²) >= 11 is 0. The van der Waals surface area contributed by atoms with Gasteiger partial charge >= 0.3 is 0 Å². The molecule has 0 unspecified atom stereocenters. The normalized spacial score (nSPS) is 10.3. The molecule has 15 heavy (non-hydrogen) atoms. The van der Waals surface area contributed by atoms with E-state index < -0.39 is 17.5 Å². The number of hydrogen-bond donors (Lipinski definition) is 0. The molecule has 0 aliphatic carbocycles. The van der Waals surface area contributed by atoms with Crippen molar-refractivity contribution in [2.24, 2.45) is 0 Å². The van der Waals surface area contributed by atoms with Crippen LogP contribution in [0.1, 0.15) is 0 Å². The predicted octanol–water partition coefficient (Wildman–Crippen LogP) is 3.77. The molecule has 0 aliphatic heterocycles. The molecule has 0 nitrogen and oxygen atoms in total. The van der Waals surface area contributed by atoms with E-state index in [-0.39, 0.29) is 5.56 Å². The first-order valence-corrected chi connectivity index (χ1v) is 4.39. The second-order valence-electron chi connectivity index (χ2n) is 3.09. The van der Waals surface area contributed by atoms with Crippen molar-refractivity contribution < 1.29 is 13.2 Å². The van der Waals surface area contributed by atoms with E-state index in [1.54, 1.807) is 30.3 Å². The summed E-state index contributed by atoms with van der Waals surface area (Å²) in [6.07, 6.45) is 0. The largest absolute Gasteiger partial charge is 0.204 e. The van der Waals surface area contributed by atoms with Gasteiger partial charge in [0.2, 0.25) is 0 Å². The average Bonchev–Trinajstić information content (AvgIpc) is 2.27. The molecule has 0 N–H and O–H groups in total. The van der Waals surface area contributed by atoms with Gasteiger partial charge in [-0.05, 0) is 17.7 Å². The highest BCUT2D eigenvalue weighted by Gasteiger charge is 2.13. The Kier molecular flexibility index (Phi) is 2.46. The minimum Gasteiger partial charge on any atom is -0.204 e. The van der Waals surface area contributed by atoms with Gasteiger partial charge in [-0.15, -0.1) is 0 Å². The molecular formula is C12H7F3. The van der Waals surface area contributed by atoms with E-state index in [1.165, 1.54) is 6.07 Å². The van der Waals surface area contributed by atoms with Gasteiger partial charge in [0.25, 0.3) is 0 Å². The van der Waals surface area contributed by atoms with Gasteiger partial charge in [0.1, 0.15) is 0 Å². The summed E-state index contributed by atoms with van der Waals surface area (Å²) in [5.74, 6) is -3.76. The molecule has 2 aromatic rings. The SMILES string of the molecule is Fc1ccc(-c2ccccc2)c(F)c1F. The Labute approximate surface area is 85.0 Å². The Hall–Kier alpha value is -1.77. The lowest BCUT2D eigenvalue weighted by Gasteiger charge is -2.04. The van der Waals surface area contributed by atoms with E-state index in [1.807, 2.05) is 0 Å². The Morgan fingerprint density at radius 3 is 2.00 bits per heavy atom. The fourth-order valence-corrected chi connectivity index (χ4v) is 1.37. The third-order valence-electron chi connectivity index (χ3n) is 2.12. The molecule has 0 amide bonds. The van der Waals surface area contributed by atoms with Gasteiger partial charge in [-0.2, -0.15) is 0 Å². The quantitative estimate of drug-likeness (QED) is 0.626. The zero-order valence-corrected chi connectivity index (χ0v) is 7.68. The third-order valence-corrected chi connectivity index (χ3v) is 2.12. The van der Waals surface area contributed by atoms with Crippen molar-refractivity contribution in [1.29, 1.82) is 0 Å². The van der Waals surface area contributed by atoms with Gasteiger partial charge in [-0.3, -0.25) is 0 Å². The van der Waals surface area contributed by atoms with Crippen LogP contribution < -0.4 is 0 Å². The summed E-state index contributed by atoms with van der Waals surface area (Å²) in [5.41, 5.74) is 0.586. The molecule has 0 saturated carbocycles. The van der Waals surface area contributed by atoms with E-state index in [4.69, 9.17) is 0 Å². The van der Waals surface area contributed by atoms with Crippen LogP contribution in [0.3, 0.4) is 0 Å². The van der Waals surface area contributed by atoms with Crippen molar-refractivity contribution in [3.63, 3.8) is 0 Å². The van der Waals surface area contributed by atoms with E-state index in [0.717, 1.165) is 6.07 Å². The van der Waals surface area contributed by atoms with Crippen molar-refractivity contribution in [1.82, 2.24) is 0 Å². The second-order valence-corrected chi connectivity index (χ2v) is 3.09. The van der Waals surface area contributed by atoms with Crippen molar-refractivity contribution >= 4 is 0 Å². The molecule has 3 heteroatoms. The van der Waals surface area contributed by atoms with Crippen molar-refractivity contribution in [3.05, 3.63) is 59.9 Å². The minimum atomic E-state index is -1.43. The summed E-state index contributed by atoms with van der Waals surface area (Å²) in [4.78, 5) is 0. The highest BCUT2D eigenvalue weighted by molar-refractivity contribution is 5.63. The fraction of sp³-hybridized carbons (Fsp3) is 0. The van der Waals surface area contributed by atoms with Crippen LogP contribution in [0, 0.1) is 17.5 Å². The van der Waals surface area contributed by atoms with E-state index in [9.17, 15) is 13.2 Å². The van der Waals surface area contributed by atoms with Gasteiger partial charge in [-0.25, -0.2) is 13.2 Å². The van der Waals surface area contributed by atoms with Crippen LogP contribution in [0.25, 0.3) is 11.1 Å². The lowest BCUT2D eigenvalue weighted by Crippen LogP contribution is -1.93. The van der Waals surface area contributed by atoms with Crippen LogP contribution in [0.4, 0.5) is 13.2 Å². The molecular weight excluding hydrogens is 201 g/mol. The summed E-state index contributed by atoms with van der Waals surface area (Å²) in [5, 5.41) is 0. The van der Waals surface area contributed by atoms with Crippen molar-refractivity contribution in [2.45, 2.75) is 0 Å². The number of hydrogen-bond acceptors (Lipinski definition) is 0. The standard InChI is InChI=1S/C12H7F3/c13-10-7-6-9(11(14)12(10)15)8-4-2-1-3-5-8/h1-7H. The predicted molar refractivity (Wildman–Crippen MR) is 51.8 cm³/mol. The molecule has 0 atom stereocenters. The molecule has 0 heterocycles. The van der Waals surface area contributed by atoms with Gasteiger partial charge in [0.15, 0.2) is 17.5 Å². The van der Waals surface area contributed by atoms with Gasteiger partial charge in [0, 0.05) is 5.56 Å². The van der Waals surface area contributed by atoms with Crippen LogP contribution in [0.2, 0.25) is 0 Å². The highest BCUT2D eigenvalue weighted by atomic mass is 19.2. The smallest absolute Gasteiger partial charge is 0.195 e. The van der Waals surface area contributed by atoms with Gasteiger partial charge in [0.05, 0.1) is 0 Å². The van der Waals surface area contributed by atoms with Gasteiger partial charge in [-0.1, -0.05) is 30.3 Å². The first-order valence-electron chi connectivity index (χ1n) is 4.39. The first-order chi connectivity index (χ1) is 7.20. The lowest BCUT2D eigenvalue weighted by atomic mass is 10.1. The molecule has 2 rings (SSSR count). The van der Waals surface area contributed by atoms with Crippen molar-refractivity contribution in [2.75, 3.05) is 0 Å². The maximum absolute atomic E-state index is 13.3. The summed E-state index contributed by atoms with van der Waals surface area (Å²) < 4.78 is 38.9. The summed E-state index contributed by atoms with van der Waals surface area (Å²) in [7, 11) is 0. The molecule has 0 aliphatic rings. The zero-order valence-electron chi connectivity index (χ0n) is 7.68. The van der Waals surface area contributed by atoms with Crippen molar-refractivity contribution in [3.8, 4) is 11.1 Å². The number of halogens is 3. The topological polar surface area (TPSA) is 0 Å². The lowest BCUT2D eigenvalue weighted by molar-refractivity contribution is 0.449. The minimum absolute atomic E-state index is 0.0644. The van der Waals surface area contributed by atoms with Crippen LogP contribution >= 0.6 is 0 Å². The molecule has 0 spiro atoms. The average molecular weight is 208 g/mol. The number of rotatable bonds is 1. The molecule has 0 aromatic heterocycles. The Morgan fingerprint density at radius 1 is 0.667 bits per heavy atom. The fourth-order valence-electron chi connectivity index (χ4n) is 1.37. The maximum Gasteiger partial charge on any atom is 0.195 e. The second kappa shape index (κ2) is 3.77. The Bertz CT molecular complexity index is 478. The van der Waals surface area contributed by atoms with E-state index in [0.29, 0.717) is 5.56 Å². The Morgan fingerprint density at radius 2 is 1.33 bits per heavy atom.